The lowest BCUT2D eigenvalue weighted by Crippen LogP contribution is -2.07. The molecule has 1 nitrogen and oxygen atoms in total. The van der Waals surface area contributed by atoms with E-state index in [1.165, 1.54) is 35.4 Å². The topological polar surface area (TPSA) is 20.2 Å². The third-order valence-electron chi connectivity index (χ3n) is 3.54. The predicted molar refractivity (Wildman–Crippen MR) is 76.7 cm³/mol. The maximum atomic E-state index is 10.3. The predicted octanol–water partition coefficient (Wildman–Crippen LogP) is 5.00. The van der Waals surface area contributed by atoms with Crippen molar-refractivity contribution in [1.82, 2.24) is 0 Å². The van der Waals surface area contributed by atoms with Gasteiger partial charge in [-0.25, -0.2) is 0 Å². The third kappa shape index (κ3) is 4.44. The molecular formula is C15H26OS. The molecule has 0 spiro atoms. The third-order valence-corrected chi connectivity index (χ3v) is 4.52. The Kier molecular flexibility index (Phi) is 6.21. The van der Waals surface area contributed by atoms with Crippen molar-refractivity contribution in [2.45, 2.75) is 65.9 Å². The summed E-state index contributed by atoms with van der Waals surface area (Å²) < 4.78 is 0. The zero-order valence-corrected chi connectivity index (χ0v) is 12.4. The van der Waals surface area contributed by atoms with Crippen LogP contribution in [0.4, 0.5) is 0 Å². The van der Waals surface area contributed by atoms with Gasteiger partial charge in [0.2, 0.25) is 0 Å². The van der Waals surface area contributed by atoms with Gasteiger partial charge in [-0.3, -0.25) is 0 Å². The molecule has 0 amide bonds. The van der Waals surface area contributed by atoms with Crippen LogP contribution in [-0.2, 0) is 0 Å². The molecule has 0 bridgehead atoms. The van der Waals surface area contributed by atoms with Crippen molar-refractivity contribution in [3.05, 3.63) is 21.4 Å². The van der Waals surface area contributed by atoms with Gasteiger partial charge in [-0.05, 0) is 37.8 Å². The van der Waals surface area contributed by atoms with E-state index in [0.29, 0.717) is 5.92 Å². The molecule has 2 heteroatoms. The zero-order chi connectivity index (χ0) is 12.8. The van der Waals surface area contributed by atoms with Gasteiger partial charge in [0.05, 0.1) is 6.10 Å². The van der Waals surface area contributed by atoms with Crippen LogP contribution in [0.1, 0.15) is 67.4 Å². The Morgan fingerprint density at radius 3 is 2.47 bits per heavy atom. The van der Waals surface area contributed by atoms with E-state index in [2.05, 4.69) is 33.8 Å². The van der Waals surface area contributed by atoms with Crippen LogP contribution in [-0.4, -0.2) is 5.11 Å². The highest BCUT2D eigenvalue weighted by molar-refractivity contribution is 7.12. The average molecular weight is 254 g/mol. The second-order valence-corrected chi connectivity index (χ2v) is 6.50. The first-order valence-corrected chi connectivity index (χ1v) is 7.65. The number of unbranched alkanes of at least 4 members (excludes halogenated alkanes) is 1. The fourth-order valence-electron chi connectivity index (χ4n) is 2.41. The minimum Gasteiger partial charge on any atom is -0.388 e. The van der Waals surface area contributed by atoms with Gasteiger partial charge in [0.15, 0.2) is 0 Å². The molecule has 1 rings (SSSR count). The highest BCUT2D eigenvalue weighted by atomic mass is 32.1. The second-order valence-electron chi connectivity index (χ2n) is 5.04. The summed E-state index contributed by atoms with van der Waals surface area (Å²) in [6.07, 6.45) is 5.64. The summed E-state index contributed by atoms with van der Waals surface area (Å²) in [6, 6.07) is 2.15. The second kappa shape index (κ2) is 7.17. The smallest absolute Gasteiger partial charge is 0.0803 e. The normalized spacial score (nSPS) is 14.9. The lowest BCUT2D eigenvalue weighted by atomic mass is 9.91. The first kappa shape index (κ1) is 14.7. The summed E-state index contributed by atoms with van der Waals surface area (Å²) in [6.45, 7) is 8.69. The van der Waals surface area contributed by atoms with Crippen molar-refractivity contribution in [3.63, 3.8) is 0 Å². The first-order valence-electron chi connectivity index (χ1n) is 6.83. The molecule has 0 fully saturated rings. The monoisotopic (exact) mass is 254 g/mol. The van der Waals surface area contributed by atoms with E-state index in [1.807, 2.05) is 0 Å². The number of aliphatic hydroxyl groups is 1. The van der Waals surface area contributed by atoms with Crippen molar-refractivity contribution >= 4 is 11.3 Å². The fraction of sp³-hybridized carbons (Fsp3) is 0.733. The maximum Gasteiger partial charge on any atom is 0.0803 e. The van der Waals surface area contributed by atoms with E-state index in [4.69, 9.17) is 0 Å². The Morgan fingerprint density at radius 1 is 1.29 bits per heavy atom. The van der Waals surface area contributed by atoms with Gasteiger partial charge in [-0.2, -0.15) is 0 Å². The minimum absolute atomic E-state index is 0.262. The van der Waals surface area contributed by atoms with E-state index >= 15 is 0 Å². The van der Waals surface area contributed by atoms with E-state index < -0.39 is 0 Å². The van der Waals surface area contributed by atoms with Gasteiger partial charge in [-0.1, -0.05) is 39.5 Å². The number of hydrogen-bond acceptors (Lipinski definition) is 2. The van der Waals surface area contributed by atoms with Crippen molar-refractivity contribution in [2.75, 3.05) is 0 Å². The average Bonchev–Trinajstić information content (AvgIpc) is 2.63. The van der Waals surface area contributed by atoms with Gasteiger partial charge in [0, 0.05) is 9.75 Å². The Labute approximate surface area is 110 Å². The number of thiophene rings is 1. The van der Waals surface area contributed by atoms with E-state index in [1.54, 1.807) is 11.3 Å². The molecule has 17 heavy (non-hydrogen) atoms. The highest BCUT2D eigenvalue weighted by Crippen LogP contribution is 2.32. The summed E-state index contributed by atoms with van der Waals surface area (Å²) in [5.74, 6) is 0.671. The zero-order valence-electron chi connectivity index (χ0n) is 11.6. The molecule has 0 aromatic carbocycles. The van der Waals surface area contributed by atoms with Crippen molar-refractivity contribution in [1.29, 1.82) is 0 Å². The van der Waals surface area contributed by atoms with Crippen LogP contribution in [0.3, 0.4) is 0 Å². The Hall–Kier alpha value is -0.340. The number of aliphatic hydroxyl groups excluding tert-OH is 1. The molecule has 2 atom stereocenters. The van der Waals surface area contributed by atoms with Crippen LogP contribution in [0, 0.1) is 19.8 Å². The quantitative estimate of drug-likeness (QED) is 0.725. The molecule has 98 valence electrons. The van der Waals surface area contributed by atoms with Crippen molar-refractivity contribution in [2.24, 2.45) is 5.92 Å². The summed E-state index contributed by atoms with van der Waals surface area (Å²) >= 11 is 1.79. The SMILES string of the molecule is CCCCC(CC)CC(O)c1cc(C)sc1C. The standard InChI is InChI=1S/C15H26OS/c1-5-7-8-13(6-2)10-15(16)14-9-11(3)17-12(14)4/h9,13,15-16H,5-8,10H2,1-4H3. The van der Waals surface area contributed by atoms with E-state index in [0.717, 1.165) is 12.0 Å². The molecule has 0 saturated heterocycles. The summed E-state index contributed by atoms with van der Waals surface area (Å²) in [7, 11) is 0. The molecule has 1 aromatic rings. The maximum absolute atomic E-state index is 10.3. The van der Waals surface area contributed by atoms with Crippen molar-refractivity contribution < 1.29 is 5.11 Å². The summed E-state index contributed by atoms with van der Waals surface area (Å²) in [5.41, 5.74) is 1.16. The lowest BCUT2D eigenvalue weighted by Gasteiger charge is -2.18. The molecule has 1 aromatic heterocycles. The highest BCUT2D eigenvalue weighted by Gasteiger charge is 2.17. The Balaban J connectivity index is 2.57. The number of aryl methyl sites for hydroxylation is 2. The number of rotatable bonds is 7. The van der Waals surface area contributed by atoms with Crippen LogP contribution in [0.25, 0.3) is 0 Å². The molecule has 0 radical (unpaired) electrons. The summed E-state index contributed by atoms with van der Waals surface area (Å²) in [5, 5.41) is 10.3. The molecule has 0 saturated carbocycles. The van der Waals surface area contributed by atoms with Crippen LogP contribution in [0.2, 0.25) is 0 Å². The van der Waals surface area contributed by atoms with Gasteiger partial charge < -0.3 is 5.11 Å². The summed E-state index contributed by atoms with van der Waals surface area (Å²) in [4.78, 5) is 2.58. The van der Waals surface area contributed by atoms with Gasteiger partial charge >= 0.3 is 0 Å². The molecule has 0 aliphatic carbocycles. The van der Waals surface area contributed by atoms with Gasteiger partial charge in [0.25, 0.3) is 0 Å². The van der Waals surface area contributed by atoms with Gasteiger partial charge in [0.1, 0.15) is 0 Å². The number of hydrogen-bond donors (Lipinski definition) is 1. The van der Waals surface area contributed by atoms with E-state index in [9.17, 15) is 5.11 Å². The van der Waals surface area contributed by atoms with Crippen LogP contribution in [0.15, 0.2) is 6.07 Å². The first-order chi connectivity index (χ1) is 8.08. The molecule has 2 unspecified atom stereocenters. The van der Waals surface area contributed by atoms with Gasteiger partial charge in [-0.15, -0.1) is 11.3 Å². The molecule has 0 aliphatic rings. The molecule has 0 aliphatic heterocycles. The van der Waals surface area contributed by atoms with Crippen LogP contribution < -0.4 is 0 Å². The fourth-order valence-corrected chi connectivity index (χ4v) is 3.39. The lowest BCUT2D eigenvalue weighted by molar-refractivity contribution is 0.139. The molecular weight excluding hydrogens is 228 g/mol. The molecule has 1 N–H and O–H groups in total. The largest absolute Gasteiger partial charge is 0.388 e. The Morgan fingerprint density at radius 2 is 2.00 bits per heavy atom. The van der Waals surface area contributed by atoms with Crippen LogP contribution in [0.5, 0.6) is 0 Å². The minimum atomic E-state index is -0.262. The van der Waals surface area contributed by atoms with E-state index in [-0.39, 0.29) is 6.10 Å². The molecule has 1 heterocycles. The van der Waals surface area contributed by atoms with Crippen LogP contribution >= 0.6 is 11.3 Å². The van der Waals surface area contributed by atoms with Crippen molar-refractivity contribution in [3.8, 4) is 0 Å². The Bertz CT molecular complexity index is 330.